The van der Waals surface area contributed by atoms with Crippen LogP contribution < -0.4 is 5.32 Å². The second kappa shape index (κ2) is 5.48. The molecule has 0 radical (unpaired) electrons. The summed E-state index contributed by atoms with van der Waals surface area (Å²) in [5.41, 5.74) is 0.655. The normalized spacial score (nSPS) is 12.2. The van der Waals surface area contributed by atoms with Crippen LogP contribution in [0.5, 0.6) is 0 Å². The van der Waals surface area contributed by atoms with Crippen LogP contribution in [0.25, 0.3) is 0 Å². The molecule has 0 saturated carbocycles. The molecule has 0 spiro atoms. The van der Waals surface area contributed by atoms with Gasteiger partial charge in [0.05, 0.1) is 4.90 Å². The molecule has 1 aromatic carbocycles. The van der Waals surface area contributed by atoms with Crippen LogP contribution in [0.1, 0.15) is 5.56 Å². The highest BCUT2D eigenvalue weighted by molar-refractivity contribution is 8.13. The number of carbonyl (C=O) groups is 1. The van der Waals surface area contributed by atoms with E-state index in [2.05, 4.69) is 5.32 Å². The summed E-state index contributed by atoms with van der Waals surface area (Å²) in [6.45, 7) is 1.52. The summed E-state index contributed by atoms with van der Waals surface area (Å²) >= 11 is 0. The average Bonchev–Trinajstić information content (AvgIpc) is 2.11. The SMILES string of the molecule is Cc1cc(NC(=O)CS(C)(=O)=O)ccc1S(=O)(=O)Cl. The van der Waals surface area contributed by atoms with Crippen LogP contribution in [-0.2, 0) is 23.7 Å². The van der Waals surface area contributed by atoms with Gasteiger partial charge in [-0.3, -0.25) is 4.79 Å². The van der Waals surface area contributed by atoms with E-state index >= 15 is 0 Å². The van der Waals surface area contributed by atoms with Gasteiger partial charge in [-0.25, -0.2) is 16.8 Å². The fourth-order valence-corrected chi connectivity index (χ4v) is 3.18. The molecule has 0 aliphatic heterocycles. The van der Waals surface area contributed by atoms with Crippen LogP contribution in [0, 0.1) is 6.92 Å². The maximum Gasteiger partial charge on any atom is 0.261 e. The first-order valence-corrected chi connectivity index (χ1v) is 9.39. The summed E-state index contributed by atoms with van der Waals surface area (Å²) in [4.78, 5) is 11.3. The number of rotatable bonds is 4. The van der Waals surface area contributed by atoms with E-state index in [1.807, 2.05) is 0 Å². The summed E-state index contributed by atoms with van der Waals surface area (Å²) in [5.74, 6) is -1.33. The Kier molecular flexibility index (Phi) is 4.59. The van der Waals surface area contributed by atoms with Crippen LogP contribution in [-0.4, -0.2) is 34.8 Å². The zero-order valence-electron chi connectivity index (χ0n) is 10.2. The molecular formula is C10H12ClNO5S2. The van der Waals surface area contributed by atoms with Gasteiger partial charge in [-0.2, -0.15) is 0 Å². The second-order valence-corrected chi connectivity index (χ2v) is 8.71. The van der Waals surface area contributed by atoms with Crippen molar-refractivity contribution in [2.45, 2.75) is 11.8 Å². The van der Waals surface area contributed by atoms with E-state index in [1.165, 1.54) is 25.1 Å². The fraction of sp³-hybridized carbons (Fsp3) is 0.300. The maximum atomic E-state index is 11.4. The molecule has 9 heteroatoms. The average molecular weight is 326 g/mol. The molecule has 0 aliphatic carbocycles. The topological polar surface area (TPSA) is 97.4 Å². The Labute approximate surface area is 116 Å². The number of sulfone groups is 1. The smallest absolute Gasteiger partial charge is 0.261 e. The predicted molar refractivity (Wildman–Crippen MR) is 72.6 cm³/mol. The number of hydrogen-bond acceptors (Lipinski definition) is 5. The van der Waals surface area contributed by atoms with Crippen molar-refractivity contribution < 1.29 is 21.6 Å². The number of halogens is 1. The van der Waals surface area contributed by atoms with Crippen molar-refractivity contribution in [3.63, 3.8) is 0 Å². The Morgan fingerprint density at radius 2 is 1.84 bits per heavy atom. The number of anilines is 1. The third-order valence-electron chi connectivity index (χ3n) is 2.11. The molecule has 1 N–H and O–H groups in total. The Bertz CT molecular complexity index is 709. The maximum absolute atomic E-state index is 11.4. The molecule has 0 bridgehead atoms. The second-order valence-electron chi connectivity index (χ2n) is 4.04. The Hall–Kier alpha value is -1.12. The summed E-state index contributed by atoms with van der Waals surface area (Å²) < 4.78 is 44.2. The molecule has 1 amide bonds. The van der Waals surface area contributed by atoms with Crippen LogP contribution in [0.15, 0.2) is 23.1 Å². The molecule has 0 heterocycles. The lowest BCUT2D eigenvalue weighted by molar-refractivity contribution is -0.113. The first-order valence-electron chi connectivity index (χ1n) is 5.02. The minimum atomic E-state index is -3.84. The van der Waals surface area contributed by atoms with Crippen molar-refractivity contribution in [2.24, 2.45) is 0 Å². The van der Waals surface area contributed by atoms with Crippen molar-refractivity contribution >= 4 is 41.2 Å². The molecule has 0 saturated heterocycles. The molecule has 1 aromatic rings. The van der Waals surface area contributed by atoms with Gasteiger partial charge >= 0.3 is 0 Å². The monoisotopic (exact) mass is 325 g/mol. The van der Waals surface area contributed by atoms with E-state index < -0.39 is 30.5 Å². The Morgan fingerprint density at radius 1 is 1.26 bits per heavy atom. The van der Waals surface area contributed by atoms with E-state index in [0.717, 1.165) is 6.26 Å². The van der Waals surface area contributed by atoms with Crippen LogP contribution in [0.3, 0.4) is 0 Å². The van der Waals surface area contributed by atoms with Crippen molar-refractivity contribution in [1.29, 1.82) is 0 Å². The third-order valence-corrected chi connectivity index (χ3v) is 4.38. The lowest BCUT2D eigenvalue weighted by atomic mass is 10.2. The lowest BCUT2D eigenvalue weighted by Crippen LogP contribution is -2.22. The number of hydrogen-bond donors (Lipinski definition) is 1. The largest absolute Gasteiger partial charge is 0.325 e. The van der Waals surface area contributed by atoms with E-state index in [1.54, 1.807) is 0 Å². The Morgan fingerprint density at radius 3 is 2.26 bits per heavy atom. The molecule has 0 atom stereocenters. The lowest BCUT2D eigenvalue weighted by Gasteiger charge is -2.07. The number of amides is 1. The van der Waals surface area contributed by atoms with Crippen molar-refractivity contribution in [2.75, 3.05) is 17.3 Å². The molecule has 19 heavy (non-hydrogen) atoms. The Balaban J connectivity index is 2.95. The summed E-state index contributed by atoms with van der Waals surface area (Å²) in [6, 6.07) is 3.98. The molecular weight excluding hydrogens is 314 g/mol. The molecule has 0 fully saturated rings. The zero-order valence-corrected chi connectivity index (χ0v) is 12.6. The van der Waals surface area contributed by atoms with Crippen molar-refractivity contribution in [1.82, 2.24) is 0 Å². The fourth-order valence-electron chi connectivity index (χ4n) is 1.44. The third kappa shape index (κ3) is 5.17. The van der Waals surface area contributed by atoms with Gasteiger partial charge in [0.15, 0.2) is 9.84 Å². The van der Waals surface area contributed by atoms with E-state index in [0.29, 0.717) is 11.3 Å². The standard InChI is InChI=1S/C10H12ClNO5S2/c1-7-5-8(3-4-9(7)19(11,16)17)12-10(13)6-18(2,14)15/h3-5H,6H2,1-2H3,(H,12,13). The number of benzene rings is 1. The first kappa shape index (κ1) is 15.9. The van der Waals surface area contributed by atoms with E-state index in [4.69, 9.17) is 10.7 Å². The summed E-state index contributed by atoms with van der Waals surface area (Å²) in [5, 5.41) is 2.36. The zero-order chi connectivity index (χ0) is 14.8. The highest BCUT2D eigenvalue weighted by Crippen LogP contribution is 2.22. The van der Waals surface area contributed by atoms with Gasteiger partial charge in [0.25, 0.3) is 9.05 Å². The molecule has 0 aromatic heterocycles. The van der Waals surface area contributed by atoms with Gasteiger partial charge in [-0.1, -0.05) is 0 Å². The minimum Gasteiger partial charge on any atom is -0.325 e. The highest BCUT2D eigenvalue weighted by Gasteiger charge is 2.15. The predicted octanol–water partition coefficient (Wildman–Crippen LogP) is 0.906. The summed E-state index contributed by atoms with van der Waals surface area (Å²) in [7, 11) is -2.04. The van der Waals surface area contributed by atoms with Gasteiger partial charge in [-0.05, 0) is 30.7 Å². The van der Waals surface area contributed by atoms with Crippen LogP contribution in [0.4, 0.5) is 5.69 Å². The van der Waals surface area contributed by atoms with Gasteiger partial charge < -0.3 is 5.32 Å². The number of nitrogens with one attached hydrogen (secondary N) is 1. The van der Waals surface area contributed by atoms with Crippen LogP contribution >= 0.6 is 10.7 Å². The molecule has 1 rings (SSSR count). The van der Waals surface area contributed by atoms with Gasteiger partial charge in [0.2, 0.25) is 5.91 Å². The molecule has 6 nitrogen and oxygen atoms in total. The van der Waals surface area contributed by atoms with E-state index in [-0.39, 0.29) is 4.90 Å². The number of aryl methyl sites for hydroxylation is 1. The van der Waals surface area contributed by atoms with Gasteiger partial charge in [0, 0.05) is 22.6 Å². The molecule has 106 valence electrons. The summed E-state index contributed by atoms with van der Waals surface area (Å²) in [6.07, 6.45) is 0.945. The quantitative estimate of drug-likeness (QED) is 0.830. The minimum absolute atomic E-state index is 0.0599. The highest BCUT2D eigenvalue weighted by atomic mass is 35.7. The molecule has 0 unspecified atom stereocenters. The number of carbonyl (C=O) groups excluding carboxylic acids is 1. The molecule has 0 aliphatic rings. The van der Waals surface area contributed by atoms with Crippen LogP contribution in [0.2, 0.25) is 0 Å². The van der Waals surface area contributed by atoms with E-state index in [9.17, 15) is 21.6 Å². The van der Waals surface area contributed by atoms with Crippen molar-refractivity contribution in [3.8, 4) is 0 Å². The first-order chi connectivity index (χ1) is 8.49. The van der Waals surface area contributed by atoms with Gasteiger partial charge in [0.1, 0.15) is 5.75 Å². The van der Waals surface area contributed by atoms with Gasteiger partial charge in [-0.15, -0.1) is 0 Å². The van der Waals surface area contributed by atoms with Crippen molar-refractivity contribution in [3.05, 3.63) is 23.8 Å².